The summed E-state index contributed by atoms with van der Waals surface area (Å²) >= 11 is 0.876. The lowest BCUT2D eigenvalue weighted by Crippen LogP contribution is -2.42. The predicted octanol–water partition coefficient (Wildman–Crippen LogP) is 4.24. The summed E-state index contributed by atoms with van der Waals surface area (Å²) in [6.07, 6.45) is 5.86. The number of likely N-dealkylation sites (tertiary alicyclic amines) is 1. The molecular formula is C24H27N3O4S. The van der Waals surface area contributed by atoms with Crippen molar-refractivity contribution < 1.29 is 19.5 Å². The van der Waals surface area contributed by atoms with E-state index in [9.17, 15) is 19.5 Å². The van der Waals surface area contributed by atoms with E-state index in [0.29, 0.717) is 18.0 Å². The first kappa shape index (κ1) is 22.2. The van der Waals surface area contributed by atoms with E-state index in [1.54, 1.807) is 23.1 Å². The Balaban J connectivity index is 1.53. The Kier molecular flexibility index (Phi) is 6.41. The van der Waals surface area contributed by atoms with Crippen LogP contribution in [0.3, 0.4) is 0 Å². The minimum Gasteiger partial charge on any atom is -0.508 e. The van der Waals surface area contributed by atoms with Gasteiger partial charge in [0, 0.05) is 30.2 Å². The molecule has 1 aromatic carbocycles. The van der Waals surface area contributed by atoms with Crippen LogP contribution in [0.25, 0.3) is 11.8 Å². The van der Waals surface area contributed by atoms with Gasteiger partial charge in [-0.25, -0.2) is 0 Å². The fourth-order valence-electron chi connectivity index (χ4n) is 4.27. The van der Waals surface area contributed by atoms with Crippen LogP contribution < -0.4 is 0 Å². The van der Waals surface area contributed by atoms with Gasteiger partial charge in [0.1, 0.15) is 12.3 Å². The summed E-state index contributed by atoms with van der Waals surface area (Å²) in [7, 11) is 0. The Hall–Kier alpha value is -3.00. The molecule has 2 fully saturated rings. The van der Waals surface area contributed by atoms with E-state index in [2.05, 4.69) is 0 Å². The third-order valence-corrected chi connectivity index (χ3v) is 6.90. The molecule has 3 amide bonds. The predicted molar refractivity (Wildman–Crippen MR) is 125 cm³/mol. The van der Waals surface area contributed by atoms with Crippen molar-refractivity contribution in [3.05, 3.63) is 52.2 Å². The number of rotatable bonds is 4. The molecule has 0 atom stereocenters. The molecule has 3 heterocycles. The monoisotopic (exact) mass is 453 g/mol. The minimum absolute atomic E-state index is 0.166. The second-order valence-electron chi connectivity index (χ2n) is 8.24. The molecule has 2 aliphatic heterocycles. The van der Waals surface area contributed by atoms with Crippen LogP contribution in [0, 0.1) is 13.8 Å². The number of aromatic nitrogens is 1. The number of benzene rings is 1. The molecule has 1 N–H and O–H groups in total. The van der Waals surface area contributed by atoms with E-state index < -0.39 is 11.1 Å². The van der Waals surface area contributed by atoms with Gasteiger partial charge in [0.05, 0.1) is 4.91 Å². The van der Waals surface area contributed by atoms with Crippen molar-refractivity contribution in [1.82, 2.24) is 14.4 Å². The number of hydrogen-bond donors (Lipinski definition) is 1. The van der Waals surface area contributed by atoms with Crippen LogP contribution in [0.4, 0.5) is 4.79 Å². The Morgan fingerprint density at radius 1 is 1.06 bits per heavy atom. The average Bonchev–Trinajstić information content (AvgIpc) is 3.05. The van der Waals surface area contributed by atoms with Gasteiger partial charge in [-0.1, -0.05) is 12.8 Å². The lowest BCUT2D eigenvalue weighted by Gasteiger charge is -2.22. The fraction of sp³-hybridized carbons (Fsp3) is 0.375. The number of phenols is 1. The van der Waals surface area contributed by atoms with Crippen LogP contribution >= 0.6 is 11.8 Å². The highest BCUT2D eigenvalue weighted by molar-refractivity contribution is 8.18. The second-order valence-corrected chi connectivity index (χ2v) is 9.23. The van der Waals surface area contributed by atoms with E-state index >= 15 is 0 Å². The number of imide groups is 1. The van der Waals surface area contributed by atoms with Gasteiger partial charge in [-0.05, 0) is 80.4 Å². The number of nitrogens with zero attached hydrogens (tertiary/aromatic N) is 3. The molecule has 8 heteroatoms. The van der Waals surface area contributed by atoms with Gasteiger partial charge in [0.2, 0.25) is 5.91 Å². The molecule has 0 saturated carbocycles. The van der Waals surface area contributed by atoms with Gasteiger partial charge < -0.3 is 14.6 Å². The van der Waals surface area contributed by atoms with Gasteiger partial charge in [-0.3, -0.25) is 19.3 Å². The van der Waals surface area contributed by atoms with Crippen molar-refractivity contribution >= 4 is 34.9 Å². The zero-order chi connectivity index (χ0) is 22.8. The van der Waals surface area contributed by atoms with Crippen molar-refractivity contribution in [2.45, 2.75) is 39.5 Å². The molecule has 168 valence electrons. The number of thioether (sulfide) groups is 1. The SMILES string of the molecule is Cc1cc(C=C2SC(=O)N(CC(=O)N3CCCCCC3)C2=O)c(C)n1-c1ccc(O)cc1. The van der Waals surface area contributed by atoms with Crippen LogP contribution in [-0.2, 0) is 9.59 Å². The number of amides is 3. The van der Waals surface area contributed by atoms with Crippen LogP contribution in [0.2, 0.25) is 0 Å². The van der Waals surface area contributed by atoms with E-state index in [-0.39, 0.29) is 18.2 Å². The summed E-state index contributed by atoms with van der Waals surface area (Å²) in [5.41, 5.74) is 3.61. The third-order valence-electron chi connectivity index (χ3n) is 5.99. The molecule has 0 bridgehead atoms. The highest BCUT2D eigenvalue weighted by Gasteiger charge is 2.37. The van der Waals surface area contributed by atoms with Crippen LogP contribution in [0.15, 0.2) is 35.2 Å². The Bertz CT molecular complexity index is 1080. The molecule has 0 radical (unpaired) electrons. The number of carbonyl (C=O) groups is 3. The summed E-state index contributed by atoms with van der Waals surface area (Å²) in [5, 5.41) is 9.15. The van der Waals surface area contributed by atoms with Crippen LogP contribution in [0.1, 0.15) is 42.6 Å². The maximum atomic E-state index is 12.9. The normalized spacial score (nSPS) is 18.5. The van der Waals surface area contributed by atoms with Crippen molar-refractivity contribution in [2.24, 2.45) is 0 Å². The fourth-order valence-corrected chi connectivity index (χ4v) is 5.09. The zero-order valence-corrected chi connectivity index (χ0v) is 19.2. The summed E-state index contributed by atoms with van der Waals surface area (Å²) < 4.78 is 2.03. The lowest BCUT2D eigenvalue weighted by molar-refractivity contribution is -0.135. The topological polar surface area (TPSA) is 82.9 Å². The first-order valence-electron chi connectivity index (χ1n) is 10.9. The van der Waals surface area contributed by atoms with Gasteiger partial charge in [0.15, 0.2) is 0 Å². The quantitative estimate of drug-likeness (QED) is 0.700. The molecular weight excluding hydrogens is 426 g/mol. The second kappa shape index (κ2) is 9.24. The maximum Gasteiger partial charge on any atom is 0.294 e. The van der Waals surface area contributed by atoms with Gasteiger partial charge in [0.25, 0.3) is 11.1 Å². The molecule has 7 nitrogen and oxygen atoms in total. The summed E-state index contributed by atoms with van der Waals surface area (Å²) in [6, 6.07) is 8.85. The standard InChI is InChI=1S/C24H27N3O4S/c1-16-13-18(17(2)27(16)19-7-9-20(28)10-8-19)14-21-23(30)26(24(31)32-21)15-22(29)25-11-5-3-4-6-12-25/h7-10,13-14,28H,3-6,11-12,15H2,1-2H3. The number of phenolic OH excluding ortho intramolecular Hbond substituents is 1. The van der Waals surface area contributed by atoms with Crippen molar-refractivity contribution in [1.29, 1.82) is 0 Å². The van der Waals surface area contributed by atoms with Crippen LogP contribution in [0.5, 0.6) is 5.75 Å². The van der Waals surface area contributed by atoms with Crippen molar-refractivity contribution in [2.75, 3.05) is 19.6 Å². The first-order valence-corrected chi connectivity index (χ1v) is 11.7. The molecule has 0 unspecified atom stereocenters. The molecule has 2 aliphatic rings. The molecule has 0 spiro atoms. The van der Waals surface area contributed by atoms with Gasteiger partial charge in [-0.15, -0.1) is 0 Å². The summed E-state index contributed by atoms with van der Waals surface area (Å²) in [5.74, 6) is -0.390. The molecule has 4 rings (SSSR count). The van der Waals surface area contributed by atoms with Gasteiger partial charge in [-0.2, -0.15) is 0 Å². The molecule has 1 aromatic heterocycles. The van der Waals surface area contributed by atoms with Crippen molar-refractivity contribution in [3.8, 4) is 11.4 Å². The van der Waals surface area contributed by atoms with Crippen LogP contribution in [-0.4, -0.2) is 56.2 Å². The number of carbonyl (C=O) groups excluding carboxylic acids is 3. The number of aryl methyl sites for hydroxylation is 1. The molecule has 32 heavy (non-hydrogen) atoms. The highest BCUT2D eigenvalue weighted by Crippen LogP contribution is 2.34. The van der Waals surface area contributed by atoms with E-state index in [1.807, 2.05) is 36.6 Å². The molecule has 2 aromatic rings. The molecule has 2 saturated heterocycles. The van der Waals surface area contributed by atoms with E-state index in [0.717, 1.165) is 65.0 Å². The molecule has 0 aliphatic carbocycles. The lowest BCUT2D eigenvalue weighted by atomic mass is 10.2. The van der Waals surface area contributed by atoms with E-state index in [1.165, 1.54) is 0 Å². The number of hydrogen-bond acceptors (Lipinski definition) is 5. The van der Waals surface area contributed by atoms with Crippen molar-refractivity contribution in [3.63, 3.8) is 0 Å². The zero-order valence-electron chi connectivity index (χ0n) is 18.3. The summed E-state index contributed by atoms with van der Waals surface area (Å²) in [6.45, 7) is 5.08. The average molecular weight is 454 g/mol. The Morgan fingerprint density at radius 3 is 2.38 bits per heavy atom. The van der Waals surface area contributed by atoms with Gasteiger partial charge >= 0.3 is 0 Å². The third kappa shape index (κ3) is 4.46. The maximum absolute atomic E-state index is 12.9. The number of aromatic hydroxyl groups is 1. The smallest absolute Gasteiger partial charge is 0.294 e. The Morgan fingerprint density at radius 2 is 1.72 bits per heavy atom. The summed E-state index contributed by atoms with van der Waals surface area (Å²) in [4.78, 5) is 41.3. The largest absolute Gasteiger partial charge is 0.508 e. The highest BCUT2D eigenvalue weighted by atomic mass is 32.2. The van der Waals surface area contributed by atoms with E-state index in [4.69, 9.17) is 0 Å². The Labute approximate surface area is 191 Å². The first-order chi connectivity index (χ1) is 15.3. The minimum atomic E-state index is -0.419.